The number of nitrogens with one attached hydrogen (secondary N) is 1. The molecule has 0 aromatic heterocycles. The first-order chi connectivity index (χ1) is 16.3. The van der Waals surface area contributed by atoms with Crippen molar-refractivity contribution >= 4 is 11.8 Å². The Bertz CT molecular complexity index is 983. The fourth-order valence-electron chi connectivity index (χ4n) is 5.26. The van der Waals surface area contributed by atoms with Crippen LogP contribution in [0.4, 0.5) is 8.78 Å². The van der Waals surface area contributed by atoms with E-state index in [9.17, 15) is 23.5 Å². The van der Waals surface area contributed by atoms with Crippen molar-refractivity contribution in [3.63, 3.8) is 0 Å². The molecule has 6 nitrogen and oxygen atoms in total. The highest BCUT2D eigenvalue weighted by Crippen LogP contribution is 2.35. The number of hydrogen-bond acceptors (Lipinski definition) is 4. The number of piperidine rings is 1. The van der Waals surface area contributed by atoms with Crippen molar-refractivity contribution in [1.82, 2.24) is 15.1 Å². The average molecular weight is 472 g/mol. The van der Waals surface area contributed by atoms with Crippen molar-refractivity contribution in [2.45, 2.75) is 63.4 Å². The number of nitrogens with zero attached hydrogens (tertiary/aromatic N) is 2. The summed E-state index contributed by atoms with van der Waals surface area (Å²) >= 11 is 0. The number of benzene rings is 2. The van der Waals surface area contributed by atoms with Gasteiger partial charge in [-0.3, -0.25) is 14.5 Å². The first-order valence-electron chi connectivity index (χ1n) is 11.8. The molecule has 2 amide bonds. The summed E-state index contributed by atoms with van der Waals surface area (Å²) in [6.45, 7) is 1.92. The first-order valence-corrected chi connectivity index (χ1v) is 11.8. The number of rotatable bonds is 8. The molecule has 2 aromatic rings. The molecule has 0 spiro atoms. The number of aliphatic hydroxyl groups is 1. The van der Waals surface area contributed by atoms with Crippen LogP contribution in [0.1, 0.15) is 48.5 Å². The summed E-state index contributed by atoms with van der Waals surface area (Å²) in [5.41, 5.74) is 0.465. The first kappa shape index (κ1) is 24.3. The molecule has 2 aliphatic rings. The van der Waals surface area contributed by atoms with Crippen LogP contribution in [0.25, 0.3) is 0 Å². The third-order valence-corrected chi connectivity index (χ3v) is 6.96. The highest BCUT2D eigenvalue weighted by atomic mass is 19.1. The monoisotopic (exact) mass is 471 g/mol. The molecule has 0 aliphatic carbocycles. The zero-order valence-corrected chi connectivity index (χ0v) is 19.3. The average Bonchev–Trinajstić information content (AvgIpc) is 3.06. The molecule has 2 unspecified atom stereocenters. The lowest BCUT2D eigenvalue weighted by molar-refractivity contribution is -0.140. The van der Waals surface area contributed by atoms with Gasteiger partial charge in [0.2, 0.25) is 0 Å². The minimum atomic E-state index is -1.26. The van der Waals surface area contributed by atoms with Crippen molar-refractivity contribution in [2.24, 2.45) is 0 Å². The largest absolute Gasteiger partial charge is 0.384 e. The highest BCUT2D eigenvalue weighted by molar-refractivity contribution is 5.94. The summed E-state index contributed by atoms with van der Waals surface area (Å²) < 4.78 is 28.4. The zero-order chi connectivity index (χ0) is 24.2. The second-order valence-corrected chi connectivity index (χ2v) is 9.27. The summed E-state index contributed by atoms with van der Waals surface area (Å²) in [7, 11) is 0. The molecule has 34 heavy (non-hydrogen) atoms. The van der Waals surface area contributed by atoms with Crippen LogP contribution in [0.15, 0.2) is 48.5 Å². The predicted molar refractivity (Wildman–Crippen MR) is 124 cm³/mol. The van der Waals surface area contributed by atoms with Gasteiger partial charge < -0.3 is 15.3 Å². The maximum absolute atomic E-state index is 14.2. The minimum Gasteiger partial charge on any atom is -0.384 e. The number of aliphatic hydroxyl groups excluding tert-OH is 1. The van der Waals surface area contributed by atoms with Crippen LogP contribution < -0.4 is 5.32 Å². The van der Waals surface area contributed by atoms with Crippen LogP contribution in [0.3, 0.4) is 0 Å². The van der Waals surface area contributed by atoms with Crippen LogP contribution in [0.5, 0.6) is 0 Å². The van der Waals surface area contributed by atoms with Gasteiger partial charge in [0.05, 0.1) is 6.54 Å². The van der Waals surface area contributed by atoms with Gasteiger partial charge in [0.15, 0.2) is 0 Å². The number of halogens is 2. The van der Waals surface area contributed by atoms with Gasteiger partial charge in [0.1, 0.15) is 17.7 Å². The Morgan fingerprint density at radius 3 is 2.26 bits per heavy atom. The number of amides is 2. The fourth-order valence-corrected chi connectivity index (χ4v) is 5.26. The molecule has 182 valence electrons. The van der Waals surface area contributed by atoms with E-state index in [0.717, 1.165) is 37.8 Å². The van der Waals surface area contributed by atoms with Crippen LogP contribution >= 0.6 is 0 Å². The van der Waals surface area contributed by atoms with Crippen LogP contribution in [0.2, 0.25) is 0 Å². The Kier molecular flexibility index (Phi) is 7.58. The van der Waals surface area contributed by atoms with Gasteiger partial charge in [-0.15, -0.1) is 0 Å². The molecule has 0 saturated carbocycles. The van der Waals surface area contributed by atoms with Crippen molar-refractivity contribution in [3.05, 3.63) is 71.3 Å². The van der Waals surface area contributed by atoms with Crippen molar-refractivity contribution in [1.29, 1.82) is 0 Å². The molecule has 8 heteroatoms. The van der Waals surface area contributed by atoms with Crippen molar-refractivity contribution < 1.29 is 23.5 Å². The molecule has 2 fully saturated rings. The quantitative estimate of drug-likeness (QED) is 0.621. The Labute approximate surface area is 198 Å². The van der Waals surface area contributed by atoms with E-state index in [0.29, 0.717) is 12.1 Å². The van der Waals surface area contributed by atoms with Crippen LogP contribution in [-0.2, 0) is 11.3 Å². The van der Waals surface area contributed by atoms with Gasteiger partial charge in [-0.05, 0) is 56.9 Å². The van der Waals surface area contributed by atoms with Gasteiger partial charge in [-0.1, -0.05) is 24.3 Å². The molecule has 0 radical (unpaired) electrons. The Morgan fingerprint density at radius 1 is 1.06 bits per heavy atom. The Hall–Kier alpha value is -2.84. The molecule has 2 heterocycles. The van der Waals surface area contributed by atoms with Crippen LogP contribution in [0, 0.1) is 11.6 Å². The normalized spacial score (nSPS) is 22.9. The van der Waals surface area contributed by atoms with Gasteiger partial charge in [-0.2, -0.15) is 0 Å². The topological polar surface area (TPSA) is 72.9 Å². The second-order valence-electron chi connectivity index (χ2n) is 9.27. The molecule has 2 aromatic carbocycles. The summed E-state index contributed by atoms with van der Waals surface area (Å²) in [4.78, 5) is 28.8. The summed E-state index contributed by atoms with van der Waals surface area (Å²) in [6.07, 6.45) is 2.40. The van der Waals surface area contributed by atoms with E-state index in [1.54, 1.807) is 12.1 Å². The van der Waals surface area contributed by atoms with E-state index in [4.69, 9.17) is 0 Å². The van der Waals surface area contributed by atoms with Crippen LogP contribution in [-0.4, -0.2) is 64.0 Å². The third-order valence-electron chi connectivity index (χ3n) is 6.96. The summed E-state index contributed by atoms with van der Waals surface area (Å²) in [6, 6.07) is 13.4. The smallest absolute Gasteiger partial charge is 0.251 e. The van der Waals surface area contributed by atoms with Gasteiger partial charge in [0, 0.05) is 42.3 Å². The number of carbonyl (C=O) groups excluding carboxylic acids is 2. The van der Waals surface area contributed by atoms with E-state index >= 15 is 0 Å². The summed E-state index contributed by atoms with van der Waals surface area (Å²) in [5.74, 6) is -2.05. The Balaban J connectivity index is 1.38. The lowest BCUT2D eigenvalue weighted by Crippen LogP contribution is -2.52. The zero-order valence-electron chi connectivity index (χ0n) is 19.3. The van der Waals surface area contributed by atoms with Gasteiger partial charge >= 0.3 is 0 Å². The molecule has 2 N–H and O–H groups in total. The maximum Gasteiger partial charge on any atom is 0.251 e. The maximum atomic E-state index is 14.2. The molecule has 2 aliphatic heterocycles. The number of carbonyl (C=O) groups is 2. The minimum absolute atomic E-state index is 0.0703. The summed E-state index contributed by atoms with van der Waals surface area (Å²) in [5, 5.41) is 13.0. The van der Waals surface area contributed by atoms with E-state index < -0.39 is 23.6 Å². The molecular weight excluding hydrogens is 440 g/mol. The number of hydrogen-bond donors (Lipinski definition) is 2. The van der Waals surface area contributed by atoms with Gasteiger partial charge in [-0.25, -0.2) is 8.78 Å². The standard InChI is InChI=1S/C26H31F2N3O3/c1-17(32)26(34)30(16-22-23(27)8-5-9-24(22)28)12-13-31-20-10-11-21(31)15-19(14-20)29-25(33)18-6-3-2-4-7-18/h2-9,17,19-21,32H,10-16H2,1H3,(H,29,33)/t17-,19?,20?,21?/m0/s1. The fraction of sp³-hybridized carbons (Fsp3) is 0.462. The highest BCUT2D eigenvalue weighted by Gasteiger charge is 2.41. The van der Waals surface area contributed by atoms with E-state index in [1.807, 2.05) is 18.2 Å². The van der Waals surface area contributed by atoms with Crippen molar-refractivity contribution in [2.75, 3.05) is 13.1 Å². The Morgan fingerprint density at radius 2 is 1.68 bits per heavy atom. The molecule has 4 rings (SSSR count). The third kappa shape index (κ3) is 5.45. The molecule has 3 atom stereocenters. The van der Waals surface area contributed by atoms with E-state index in [-0.39, 0.29) is 42.7 Å². The number of fused-ring (bicyclic) bond motifs is 2. The molecule has 2 saturated heterocycles. The van der Waals surface area contributed by atoms with E-state index in [2.05, 4.69) is 10.2 Å². The lowest BCUT2D eigenvalue weighted by Gasteiger charge is -2.40. The van der Waals surface area contributed by atoms with Crippen molar-refractivity contribution in [3.8, 4) is 0 Å². The predicted octanol–water partition coefficient (Wildman–Crippen LogP) is 3.10. The second kappa shape index (κ2) is 10.6. The van der Waals surface area contributed by atoms with E-state index in [1.165, 1.54) is 17.9 Å². The molecule has 2 bridgehead atoms. The lowest BCUT2D eigenvalue weighted by atomic mass is 9.96. The van der Waals surface area contributed by atoms with Gasteiger partial charge in [0.25, 0.3) is 11.8 Å². The molecular formula is C26H31F2N3O3. The SMILES string of the molecule is C[C@H](O)C(=O)N(CCN1C2CCC1CC(NC(=O)c1ccccc1)C2)Cc1c(F)cccc1F.